The molecule has 1 aliphatic rings. The second-order valence-electron chi connectivity index (χ2n) is 5.24. The monoisotopic (exact) mass is 290 g/mol. The molecule has 0 aliphatic heterocycles. The van der Waals surface area contributed by atoms with Gasteiger partial charge in [0.15, 0.2) is 5.01 Å². The number of fused-ring (bicyclic) bond motifs is 1. The zero-order valence-corrected chi connectivity index (χ0v) is 12.5. The van der Waals surface area contributed by atoms with Gasteiger partial charge in [-0.1, -0.05) is 18.9 Å². The molecule has 4 nitrogen and oxygen atoms in total. The van der Waals surface area contributed by atoms with Crippen LogP contribution in [-0.4, -0.2) is 24.0 Å². The van der Waals surface area contributed by atoms with Crippen molar-refractivity contribution in [2.75, 3.05) is 7.11 Å². The summed E-state index contributed by atoms with van der Waals surface area (Å²) < 4.78 is 6.35. The van der Waals surface area contributed by atoms with Gasteiger partial charge in [-0.3, -0.25) is 4.79 Å². The van der Waals surface area contributed by atoms with Crippen molar-refractivity contribution in [3.8, 4) is 5.75 Å². The Labute approximate surface area is 122 Å². The van der Waals surface area contributed by atoms with E-state index in [2.05, 4.69) is 10.3 Å². The van der Waals surface area contributed by atoms with Gasteiger partial charge in [-0.25, -0.2) is 4.98 Å². The van der Waals surface area contributed by atoms with Gasteiger partial charge in [-0.15, -0.1) is 11.3 Å². The summed E-state index contributed by atoms with van der Waals surface area (Å²) >= 11 is 1.44. The number of thiazole rings is 1. The molecule has 0 spiro atoms. The van der Waals surface area contributed by atoms with E-state index in [1.807, 2.05) is 19.1 Å². The maximum Gasteiger partial charge on any atom is 0.280 e. The van der Waals surface area contributed by atoms with Crippen LogP contribution in [0.4, 0.5) is 0 Å². The van der Waals surface area contributed by atoms with Crippen molar-refractivity contribution in [3.63, 3.8) is 0 Å². The van der Waals surface area contributed by atoms with Crippen molar-refractivity contribution in [1.29, 1.82) is 0 Å². The van der Waals surface area contributed by atoms with Gasteiger partial charge in [-0.05, 0) is 31.4 Å². The molecular formula is C15H18N2O2S. The van der Waals surface area contributed by atoms with E-state index in [1.165, 1.54) is 24.2 Å². The summed E-state index contributed by atoms with van der Waals surface area (Å²) in [5.74, 6) is 0.668. The summed E-state index contributed by atoms with van der Waals surface area (Å²) in [6.07, 6.45) is 4.58. The van der Waals surface area contributed by atoms with E-state index in [-0.39, 0.29) is 5.91 Å². The third kappa shape index (κ3) is 2.38. The highest BCUT2D eigenvalue weighted by atomic mass is 32.1. The number of carbonyl (C=O) groups excluding carboxylic acids is 1. The van der Waals surface area contributed by atoms with E-state index < -0.39 is 0 Å². The summed E-state index contributed by atoms with van der Waals surface area (Å²) in [5.41, 5.74) is 1.91. The van der Waals surface area contributed by atoms with Crippen LogP contribution in [0.5, 0.6) is 5.75 Å². The van der Waals surface area contributed by atoms with Gasteiger partial charge < -0.3 is 10.1 Å². The highest BCUT2D eigenvalue weighted by molar-refractivity contribution is 7.20. The Morgan fingerprint density at radius 1 is 1.40 bits per heavy atom. The molecule has 0 radical (unpaired) electrons. The molecule has 1 aromatic carbocycles. The highest BCUT2D eigenvalue weighted by Gasteiger charge is 2.21. The number of nitrogens with zero attached hydrogens (tertiary/aromatic N) is 1. The van der Waals surface area contributed by atoms with Crippen LogP contribution in [0.3, 0.4) is 0 Å². The number of hydrogen-bond donors (Lipinski definition) is 1. The Balaban J connectivity index is 1.91. The molecule has 1 saturated carbocycles. The van der Waals surface area contributed by atoms with Crippen LogP contribution in [0.25, 0.3) is 10.2 Å². The lowest BCUT2D eigenvalue weighted by Crippen LogP contribution is -2.32. The molecule has 0 saturated heterocycles. The summed E-state index contributed by atoms with van der Waals surface area (Å²) in [6, 6.07) is 4.21. The molecule has 1 amide bonds. The van der Waals surface area contributed by atoms with Crippen LogP contribution in [0.1, 0.15) is 41.0 Å². The SMILES string of the molecule is COc1ccc(C)c2sc(C(=O)NC3CCCC3)nc12. The van der Waals surface area contributed by atoms with Crippen LogP contribution in [0, 0.1) is 6.92 Å². The van der Waals surface area contributed by atoms with Crippen molar-refractivity contribution >= 4 is 27.5 Å². The molecule has 0 bridgehead atoms. The fourth-order valence-corrected chi connectivity index (χ4v) is 3.64. The second kappa shape index (κ2) is 5.40. The highest BCUT2D eigenvalue weighted by Crippen LogP contribution is 2.32. The van der Waals surface area contributed by atoms with Crippen molar-refractivity contribution < 1.29 is 9.53 Å². The topological polar surface area (TPSA) is 51.2 Å². The first-order valence-corrected chi connectivity index (χ1v) is 7.75. The van der Waals surface area contributed by atoms with Crippen molar-refractivity contribution in [2.45, 2.75) is 38.6 Å². The number of aromatic nitrogens is 1. The number of benzene rings is 1. The lowest BCUT2D eigenvalue weighted by Gasteiger charge is -2.09. The molecule has 1 N–H and O–H groups in total. The first-order valence-electron chi connectivity index (χ1n) is 6.94. The fourth-order valence-electron chi connectivity index (χ4n) is 2.69. The lowest BCUT2D eigenvalue weighted by molar-refractivity contribution is 0.0937. The van der Waals surface area contributed by atoms with Crippen LogP contribution in [0.2, 0.25) is 0 Å². The molecule has 1 aromatic heterocycles. The summed E-state index contributed by atoms with van der Waals surface area (Å²) in [4.78, 5) is 16.7. The van der Waals surface area contributed by atoms with Crippen molar-refractivity contribution in [2.24, 2.45) is 0 Å². The Bertz CT molecular complexity index is 645. The number of rotatable bonds is 3. The van der Waals surface area contributed by atoms with Gasteiger partial charge >= 0.3 is 0 Å². The standard InChI is InChI=1S/C15H18N2O2S/c1-9-7-8-11(19-2)12-13(9)20-15(17-12)14(18)16-10-5-3-4-6-10/h7-8,10H,3-6H2,1-2H3,(H,16,18). The third-order valence-corrected chi connectivity index (χ3v) is 5.00. The summed E-state index contributed by atoms with van der Waals surface area (Å²) in [6.45, 7) is 2.03. The van der Waals surface area contributed by atoms with E-state index >= 15 is 0 Å². The van der Waals surface area contributed by atoms with Crippen LogP contribution in [0.15, 0.2) is 12.1 Å². The molecule has 20 heavy (non-hydrogen) atoms. The quantitative estimate of drug-likeness (QED) is 0.943. The number of methoxy groups -OCH3 is 1. The molecule has 1 fully saturated rings. The van der Waals surface area contributed by atoms with Gasteiger partial charge in [0.2, 0.25) is 0 Å². The summed E-state index contributed by atoms with van der Waals surface area (Å²) in [5, 5.41) is 3.61. The minimum atomic E-state index is -0.0560. The minimum absolute atomic E-state index is 0.0560. The molecule has 0 unspecified atom stereocenters. The number of ether oxygens (including phenoxy) is 1. The molecule has 1 heterocycles. The van der Waals surface area contributed by atoms with E-state index in [4.69, 9.17) is 4.74 Å². The smallest absolute Gasteiger partial charge is 0.280 e. The van der Waals surface area contributed by atoms with Gasteiger partial charge in [0.25, 0.3) is 5.91 Å². The maximum atomic E-state index is 12.3. The zero-order chi connectivity index (χ0) is 14.1. The number of aryl methyl sites for hydroxylation is 1. The normalized spacial score (nSPS) is 15.7. The molecule has 2 aromatic rings. The van der Waals surface area contributed by atoms with Crippen LogP contribution >= 0.6 is 11.3 Å². The Morgan fingerprint density at radius 2 is 2.15 bits per heavy atom. The van der Waals surface area contributed by atoms with Crippen LogP contribution < -0.4 is 10.1 Å². The first-order chi connectivity index (χ1) is 9.69. The predicted octanol–water partition coefficient (Wildman–Crippen LogP) is 3.29. The first kappa shape index (κ1) is 13.4. The second-order valence-corrected chi connectivity index (χ2v) is 6.24. The molecule has 3 rings (SSSR count). The Morgan fingerprint density at radius 3 is 2.85 bits per heavy atom. The number of hydrogen-bond acceptors (Lipinski definition) is 4. The molecular weight excluding hydrogens is 272 g/mol. The fraction of sp³-hybridized carbons (Fsp3) is 0.467. The van der Waals surface area contributed by atoms with Crippen LogP contribution in [-0.2, 0) is 0 Å². The van der Waals surface area contributed by atoms with Gasteiger partial charge in [-0.2, -0.15) is 0 Å². The van der Waals surface area contributed by atoms with E-state index in [0.29, 0.717) is 11.0 Å². The largest absolute Gasteiger partial charge is 0.494 e. The van der Waals surface area contributed by atoms with Gasteiger partial charge in [0.05, 0.1) is 11.8 Å². The zero-order valence-electron chi connectivity index (χ0n) is 11.7. The number of carbonyl (C=O) groups is 1. The van der Waals surface area contributed by atoms with Gasteiger partial charge in [0, 0.05) is 6.04 Å². The summed E-state index contributed by atoms with van der Waals surface area (Å²) in [7, 11) is 1.63. The predicted molar refractivity (Wildman–Crippen MR) is 80.6 cm³/mol. The number of nitrogens with one attached hydrogen (secondary N) is 1. The van der Waals surface area contributed by atoms with E-state index in [9.17, 15) is 4.79 Å². The van der Waals surface area contributed by atoms with Gasteiger partial charge in [0.1, 0.15) is 11.3 Å². The van der Waals surface area contributed by atoms with Crippen molar-refractivity contribution in [1.82, 2.24) is 10.3 Å². The Hall–Kier alpha value is -1.62. The molecule has 5 heteroatoms. The van der Waals surface area contributed by atoms with Crippen molar-refractivity contribution in [3.05, 3.63) is 22.7 Å². The maximum absolute atomic E-state index is 12.3. The minimum Gasteiger partial charge on any atom is -0.494 e. The molecule has 1 aliphatic carbocycles. The van der Waals surface area contributed by atoms with E-state index in [1.54, 1.807) is 7.11 Å². The third-order valence-electron chi connectivity index (χ3n) is 3.81. The molecule has 106 valence electrons. The number of amides is 1. The lowest BCUT2D eigenvalue weighted by atomic mass is 10.2. The molecule has 0 atom stereocenters. The van der Waals surface area contributed by atoms with E-state index in [0.717, 1.165) is 34.4 Å². The average molecular weight is 290 g/mol. The Kier molecular flexibility index (Phi) is 3.61. The average Bonchev–Trinajstić information content (AvgIpc) is 3.08.